The molecular weight excluding hydrogens is 168 g/mol. The van der Waals surface area contributed by atoms with Gasteiger partial charge in [0.15, 0.2) is 0 Å². The molecule has 0 heterocycles. The van der Waals surface area contributed by atoms with Crippen LogP contribution >= 0.6 is 0 Å². The van der Waals surface area contributed by atoms with Crippen LogP contribution in [0.3, 0.4) is 0 Å². The highest BCUT2D eigenvalue weighted by Crippen LogP contribution is 2.39. The van der Waals surface area contributed by atoms with E-state index in [0.29, 0.717) is 0 Å². The van der Waals surface area contributed by atoms with Gasteiger partial charge in [0.2, 0.25) is 0 Å². The van der Waals surface area contributed by atoms with Gasteiger partial charge in [-0.15, -0.1) is 13.2 Å². The summed E-state index contributed by atoms with van der Waals surface area (Å²) >= 11 is 0. The highest BCUT2D eigenvalue weighted by atomic mass is 14.3. The van der Waals surface area contributed by atoms with Crippen molar-refractivity contribution in [3.05, 3.63) is 25.3 Å². The van der Waals surface area contributed by atoms with E-state index in [1.807, 2.05) is 0 Å². The Balaban J connectivity index is 2.50. The molecule has 3 unspecified atom stereocenters. The monoisotopic (exact) mass is 192 g/mol. The van der Waals surface area contributed by atoms with Crippen molar-refractivity contribution in [2.45, 2.75) is 45.4 Å². The Bertz CT molecular complexity index is 180. The molecule has 0 spiro atoms. The average molecular weight is 192 g/mol. The third kappa shape index (κ3) is 3.01. The first kappa shape index (κ1) is 11.6. The number of hydrogen-bond acceptors (Lipinski definition) is 0. The van der Waals surface area contributed by atoms with Crippen LogP contribution in [0.1, 0.15) is 45.4 Å². The Morgan fingerprint density at radius 3 is 2.29 bits per heavy atom. The van der Waals surface area contributed by atoms with Gasteiger partial charge < -0.3 is 0 Å². The molecule has 0 heteroatoms. The van der Waals surface area contributed by atoms with Gasteiger partial charge in [-0.3, -0.25) is 0 Å². The first-order chi connectivity index (χ1) is 6.81. The number of rotatable bonds is 5. The van der Waals surface area contributed by atoms with E-state index in [1.54, 1.807) is 0 Å². The highest BCUT2D eigenvalue weighted by molar-refractivity contribution is 4.87. The molecule has 0 amide bonds. The van der Waals surface area contributed by atoms with Crippen LogP contribution in [0.15, 0.2) is 25.3 Å². The van der Waals surface area contributed by atoms with E-state index in [-0.39, 0.29) is 0 Å². The van der Waals surface area contributed by atoms with Gasteiger partial charge in [-0.1, -0.05) is 31.9 Å². The topological polar surface area (TPSA) is 0 Å². The van der Waals surface area contributed by atoms with Crippen LogP contribution in [0.5, 0.6) is 0 Å². The minimum absolute atomic E-state index is 0.879. The summed E-state index contributed by atoms with van der Waals surface area (Å²) in [6.45, 7) is 10.1. The molecule has 0 nitrogen and oxygen atoms in total. The Morgan fingerprint density at radius 2 is 1.71 bits per heavy atom. The molecule has 80 valence electrons. The fraction of sp³-hybridized carbons (Fsp3) is 0.714. The van der Waals surface area contributed by atoms with Crippen LogP contribution in [-0.2, 0) is 0 Å². The zero-order valence-corrected chi connectivity index (χ0v) is 9.54. The number of hydrogen-bond donors (Lipinski definition) is 0. The molecule has 14 heavy (non-hydrogen) atoms. The van der Waals surface area contributed by atoms with Crippen molar-refractivity contribution in [3.8, 4) is 0 Å². The zero-order valence-electron chi connectivity index (χ0n) is 9.54. The van der Waals surface area contributed by atoms with E-state index in [2.05, 4.69) is 32.2 Å². The molecule has 0 aromatic carbocycles. The second-order valence-corrected chi connectivity index (χ2v) is 4.66. The fourth-order valence-corrected chi connectivity index (χ4v) is 2.82. The van der Waals surface area contributed by atoms with Gasteiger partial charge >= 0.3 is 0 Å². The molecule has 0 aromatic heterocycles. The van der Waals surface area contributed by atoms with Gasteiger partial charge in [-0.05, 0) is 43.4 Å². The molecule has 0 radical (unpaired) electrons. The SMILES string of the molecule is C=CCC1CCC(CC)CC1CC=C. The molecule has 1 saturated carbocycles. The van der Waals surface area contributed by atoms with Crippen LogP contribution < -0.4 is 0 Å². The molecule has 1 rings (SSSR count). The molecule has 1 aliphatic rings. The van der Waals surface area contributed by atoms with Gasteiger partial charge in [0, 0.05) is 0 Å². The third-order valence-electron chi connectivity index (χ3n) is 3.76. The first-order valence-corrected chi connectivity index (χ1v) is 6.03. The standard InChI is InChI=1S/C14H24/c1-4-7-13-10-9-12(6-3)11-14(13)8-5-2/h4-5,12-14H,1-2,6-11H2,3H3. The van der Waals surface area contributed by atoms with Crippen molar-refractivity contribution in [1.29, 1.82) is 0 Å². The van der Waals surface area contributed by atoms with E-state index in [0.717, 1.165) is 17.8 Å². The minimum atomic E-state index is 0.879. The van der Waals surface area contributed by atoms with Crippen molar-refractivity contribution in [3.63, 3.8) is 0 Å². The van der Waals surface area contributed by atoms with Gasteiger partial charge in [0.25, 0.3) is 0 Å². The van der Waals surface area contributed by atoms with E-state index in [1.165, 1.54) is 38.5 Å². The Labute approximate surface area is 89.1 Å². The lowest BCUT2D eigenvalue weighted by Gasteiger charge is -2.35. The molecule has 0 aromatic rings. The van der Waals surface area contributed by atoms with Gasteiger partial charge in [-0.25, -0.2) is 0 Å². The molecular formula is C14H24. The Morgan fingerprint density at radius 1 is 1.07 bits per heavy atom. The van der Waals surface area contributed by atoms with Crippen molar-refractivity contribution >= 4 is 0 Å². The third-order valence-corrected chi connectivity index (χ3v) is 3.76. The summed E-state index contributed by atoms with van der Waals surface area (Å²) in [4.78, 5) is 0. The summed E-state index contributed by atoms with van der Waals surface area (Å²) < 4.78 is 0. The predicted octanol–water partition coefficient (Wildman–Crippen LogP) is 4.58. The highest BCUT2D eigenvalue weighted by Gasteiger charge is 2.27. The van der Waals surface area contributed by atoms with Crippen LogP contribution in [0.2, 0.25) is 0 Å². The lowest BCUT2D eigenvalue weighted by molar-refractivity contribution is 0.178. The Kier molecular flexibility index (Phi) is 5.00. The summed E-state index contributed by atoms with van der Waals surface area (Å²) in [5, 5.41) is 0. The predicted molar refractivity (Wildman–Crippen MR) is 64.2 cm³/mol. The average Bonchev–Trinajstić information content (AvgIpc) is 2.21. The summed E-state index contributed by atoms with van der Waals surface area (Å²) in [7, 11) is 0. The summed E-state index contributed by atoms with van der Waals surface area (Å²) in [5.41, 5.74) is 0. The molecule has 0 bridgehead atoms. The fourth-order valence-electron chi connectivity index (χ4n) is 2.82. The van der Waals surface area contributed by atoms with Crippen LogP contribution in [0.25, 0.3) is 0 Å². The van der Waals surface area contributed by atoms with Gasteiger partial charge in [0.05, 0.1) is 0 Å². The molecule has 0 N–H and O–H groups in total. The van der Waals surface area contributed by atoms with E-state index in [9.17, 15) is 0 Å². The molecule has 1 fully saturated rings. The quantitative estimate of drug-likeness (QED) is 0.559. The van der Waals surface area contributed by atoms with E-state index >= 15 is 0 Å². The smallest absolute Gasteiger partial charge is 0.0322 e. The first-order valence-electron chi connectivity index (χ1n) is 6.03. The lowest BCUT2D eigenvalue weighted by atomic mass is 9.71. The largest absolute Gasteiger partial charge is 0.103 e. The Hall–Kier alpha value is -0.520. The molecule has 0 saturated heterocycles. The van der Waals surface area contributed by atoms with Crippen molar-refractivity contribution in [1.82, 2.24) is 0 Å². The van der Waals surface area contributed by atoms with E-state index in [4.69, 9.17) is 0 Å². The number of allylic oxidation sites excluding steroid dienone is 2. The van der Waals surface area contributed by atoms with Crippen molar-refractivity contribution in [2.24, 2.45) is 17.8 Å². The summed E-state index contributed by atoms with van der Waals surface area (Å²) in [6.07, 6.45) is 12.2. The van der Waals surface area contributed by atoms with Gasteiger partial charge in [0.1, 0.15) is 0 Å². The summed E-state index contributed by atoms with van der Waals surface area (Å²) in [5.74, 6) is 2.73. The van der Waals surface area contributed by atoms with Crippen molar-refractivity contribution < 1.29 is 0 Å². The lowest BCUT2D eigenvalue weighted by Crippen LogP contribution is -2.24. The van der Waals surface area contributed by atoms with Crippen LogP contribution in [0.4, 0.5) is 0 Å². The zero-order chi connectivity index (χ0) is 10.4. The van der Waals surface area contributed by atoms with Crippen LogP contribution in [-0.4, -0.2) is 0 Å². The maximum atomic E-state index is 3.87. The van der Waals surface area contributed by atoms with Crippen molar-refractivity contribution in [2.75, 3.05) is 0 Å². The second-order valence-electron chi connectivity index (χ2n) is 4.66. The second kappa shape index (κ2) is 6.06. The van der Waals surface area contributed by atoms with Crippen LogP contribution in [0, 0.1) is 17.8 Å². The van der Waals surface area contributed by atoms with E-state index < -0.39 is 0 Å². The minimum Gasteiger partial charge on any atom is -0.103 e. The summed E-state index contributed by atoms with van der Waals surface area (Å²) in [6, 6.07) is 0. The molecule has 3 atom stereocenters. The maximum Gasteiger partial charge on any atom is -0.0322 e. The molecule has 0 aliphatic heterocycles. The normalized spacial score (nSPS) is 32.5. The van der Waals surface area contributed by atoms with Gasteiger partial charge in [-0.2, -0.15) is 0 Å². The molecule has 1 aliphatic carbocycles. The maximum absolute atomic E-state index is 3.87.